The Bertz CT molecular complexity index is 837. The highest BCUT2D eigenvalue weighted by Gasteiger charge is 2.32. The first kappa shape index (κ1) is 17.0. The number of morpholine rings is 1. The molecule has 2 aromatic rings. The summed E-state index contributed by atoms with van der Waals surface area (Å²) in [6.45, 7) is 2.50. The van der Waals surface area contributed by atoms with Crippen molar-refractivity contribution in [3.05, 3.63) is 65.2 Å². The monoisotopic (exact) mass is 353 g/mol. The third-order valence-corrected chi connectivity index (χ3v) is 5.87. The fourth-order valence-electron chi connectivity index (χ4n) is 2.61. The zero-order chi connectivity index (χ0) is 17.3. The maximum absolute atomic E-state index is 13.4. The van der Waals surface area contributed by atoms with Gasteiger partial charge in [-0.2, -0.15) is 4.31 Å². The van der Waals surface area contributed by atoms with Crippen molar-refractivity contribution in [2.75, 3.05) is 19.7 Å². The summed E-state index contributed by atoms with van der Waals surface area (Å²) in [4.78, 5) is -0.258. The number of halogens is 2. The van der Waals surface area contributed by atoms with Crippen LogP contribution in [0.3, 0.4) is 0 Å². The predicted octanol–water partition coefficient (Wildman–Crippen LogP) is 3.04. The first-order valence-corrected chi connectivity index (χ1v) is 8.95. The second-order valence-corrected chi connectivity index (χ2v) is 7.65. The summed E-state index contributed by atoms with van der Waals surface area (Å²) in [6.07, 6.45) is -0.389. The Morgan fingerprint density at radius 3 is 2.46 bits per heavy atom. The summed E-state index contributed by atoms with van der Waals surface area (Å²) < 4.78 is 58.7. The molecule has 4 nitrogen and oxygen atoms in total. The first-order chi connectivity index (χ1) is 11.4. The fourth-order valence-corrected chi connectivity index (χ4v) is 4.05. The fraction of sp³-hybridized carbons (Fsp3) is 0.294. The van der Waals surface area contributed by atoms with E-state index in [1.807, 2.05) is 31.2 Å². The first-order valence-electron chi connectivity index (χ1n) is 7.51. The van der Waals surface area contributed by atoms with Crippen molar-refractivity contribution >= 4 is 10.0 Å². The Morgan fingerprint density at radius 2 is 1.79 bits per heavy atom. The zero-order valence-corrected chi connectivity index (χ0v) is 13.9. The SMILES string of the molecule is Cc1ccc(C2CN(S(=O)(=O)c3ccc(F)c(F)c3)CCO2)cc1. The van der Waals surface area contributed by atoms with Gasteiger partial charge < -0.3 is 4.74 Å². The van der Waals surface area contributed by atoms with Gasteiger partial charge in [0.25, 0.3) is 0 Å². The molecule has 3 rings (SSSR count). The molecule has 1 aliphatic rings. The van der Waals surface area contributed by atoms with Gasteiger partial charge in [-0.1, -0.05) is 29.8 Å². The molecule has 1 fully saturated rings. The number of rotatable bonds is 3. The van der Waals surface area contributed by atoms with E-state index < -0.39 is 21.7 Å². The van der Waals surface area contributed by atoms with E-state index in [2.05, 4.69) is 0 Å². The molecule has 0 N–H and O–H groups in total. The molecule has 0 aromatic heterocycles. The van der Waals surface area contributed by atoms with Crippen LogP contribution in [0.1, 0.15) is 17.2 Å². The minimum absolute atomic E-state index is 0.129. The number of hydrogen-bond acceptors (Lipinski definition) is 3. The second kappa shape index (κ2) is 6.58. The van der Waals surface area contributed by atoms with Gasteiger partial charge in [0.1, 0.15) is 0 Å². The van der Waals surface area contributed by atoms with E-state index >= 15 is 0 Å². The molecule has 0 radical (unpaired) electrons. The number of benzene rings is 2. The van der Waals surface area contributed by atoms with Crippen LogP contribution in [0.2, 0.25) is 0 Å². The lowest BCUT2D eigenvalue weighted by Gasteiger charge is -2.32. The van der Waals surface area contributed by atoms with Crippen molar-refractivity contribution in [3.8, 4) is 0 Å². The molecule has 2 aromatic carbocycles. The van der Waals surface area contributed by atoms with Crippen LogP contribution < -0.4 is 0 Å². The summed E-state index contributed by atoms with van der Waals surface area (Å²) in [5.41, 5.74) is 1.98. The molecule has 1 saturated heterocycles. The Kier molecular flexibility index (Phi) is 4.67. The highest BCUT2D eigenvalue weighted by Crippen LogP contribution is 2.27. The average Bonchev–Trinajstić information content (AvgIpc) is 2.58. The molecule has 0 aliphatic carbocycles. The topological polar surface area (TPSA) is 46.6 Å². The van der Waals surface area contributed by atoms with Crippen molar-refractivity contribution in [1.82, 2.24) is 4.31 Å². The predicted molar refractivity (Wildman–Crippen MR) is 85.0 cm³/mol. The summed E-state index contributed by atoms with van der Waals surface area (Å²) in [5.74, 6) is -2.26. The molecule has 0 spiro atoms. The number of nitrogens with zero attached hydrogens (tertiary/aromatic N) is 1. The minimum atomic E-state index is -3.90. The van der Waals surface area contributed by atoms with Crippen molar-refractivity contribution in [3.63, 3.8) is 0 Å². The van der Waals surface area contributed by atoms with Gasteiger partial charge in [-0.3, -0.25) is 0 Å². The quantitative estimate of drug-likeness (QED) is 0.852. The number of aryl methyl sites for hydroxylation is 1. The molecule has 24 heavy (non-hydrogen) atoms. The summed E-state index contributed by atoms with van der Waals surface area (Å²) >= 11 is 0. The van der Waals surface area contributed by atoms with Gasteiger partial charge >= 0.3 is 0 Å². The molecule has 1 atom stereocenters. The molecule has 128 valence electrons. The molecule has 0 bridgehead atoms. The van der Waals surface area contributed by atoms with Crippen molar-refractivity contribution in [1.29, 1.82) is 0 Å². The number of sulfonamides is 1. The largest absolute Gasteiger partial charge is 0.371 e. The van der Waals surface area contributed by atoms with Gasteiger partial charge in [-0.05, 0) is 30.7 Å². The molecule has 0 saturated carbocycles. The van der Waals surface area contributed by atoms with Gasteiger partial charge in [0.05, 0.1) is 17.6 Å². The standard InChI is InChI=1S/C17H17F2NO3S/c1-12-2-4-13(5-3-12)17-11-20(8-9-23-17)24(21,22)14-6-7-15(18)16(19)10-14/h2-7,10,17H,8-9,11H2,1H3. The van der Waals surface area contributed by atoms with Crippen LogP contribution in [0.4, 0.5) is 8.78 Å². The lowest BCUT2D eigenvalue weighted by molar-refractivity contribution is -0.00256. The van der Waals surface area contributed by atoms with E-state index in [1.165, 1.54) is 4.31 Å². The Morgan fingerprint density at radius 1 is 1.08 bits per heavy atom. The van der Waals surface area contributed by atoms with E-state index in [1.54, 1.807) is 0 Å². The van der Waals surface area contributed by atoms with E-state index in [9.17, 15) is 17.2 Å². The van der Waals surface area contributed by atoms with Gasteiger partial charge in [-0.15, -0.1) is 0 Å². The molecular formula is C17H17F2NO3S. The van der Waals surface area contributed by atoms with Gasteiger partial charge in [-0.25, -0.2) is 17.2 Å². The van der Waals surface area contributed by atoms with Crippen LogP contribution in [0, 0.1) is 18.6 Å². The van der Waals surface area contributed by atoms with Crippen molar-refractivity contribution in [2.45, 2.75) is 17.9 Å². The lowest BCUT2D eigenvalue weighted by atomic mass is 10.1. The van der Waals surface area contributed by atoms with Crippen LogP contribution in [-0.4, -0.2) is 32.4 Å². The van der Waals surface area contributed by atoms with Crippen molar-refractivity contribution < 1.29 is 21.9 Å². The van der Waals surface area contributed by atoms with Gasteiger partial charge in [0.2, 0.25) is 10.0 Å². The molecule has 1 aliphatic heterocycles. The van der Waals surface area contributed by atoms with Crippen LogP contribution in [-0.2, 0) is 14.8 Å². The van der Waals surface area contributed by atoms with Crippen LogP contribution in [0.15, 0.2) is 47.4 Å². The molecule has 7 heteroatoms. The molecular weight excluding hydrogens is 336 g/mol. The Balaban J connectivity index is 1.85. The Labute approximate surface area is 139 Å². The van der Waals surface area contributed by atoms with Crippen LogP contribution in [0.25, 0.3) is 0 Å². The van der Waals surface area contributed by atoms with E-state index in [4.69, 9.17) is 4.74 Å². The summed E-state index contributed by atoms with van der Waals surface area (Å²) in [7, 11) is -3.90. The summed E-state index contributed by atoms with van der Waals surface area (Å²) in [5, 5.41) is 0. The lowest BCUT2D eigenvalue weighted by Crippen LogP contribution is -2.42. The molecule has 0 amide bonds. The third kappa shape index (κ3) is 3.33. The van der Waals surface area contributed by atoms with Crippen LogP contribution >= 0.6 is 0 Å². The average molecular weight is 353 g/mol. The zero-order valence-electron chi connectivity index (χ0n) is 13.1. The maximum atomic E-state index is 13.4. The number of hydrogen-bond donors (Lipinski definition) is 0. The molecule has 1 unspecified atom stereocenters. The second-order valence-electron chi connectivity index (χ2n) is 5.71. The normalized spacial score (nSPS) is 19.4. The Hall–Kier alpha value is -1.83. The molecule has 1 heterocycles. The maximum Gasteiger partial charge on any atom is 0.243 e. The van der Waals surface area contributed by atoms with Gasteiger partial charge in [0.15, 0.2) is 11.6 Å². The smallest absolute Gasteiger partial charge is 0.243 e. The van der Waals surface area contributed by atoms with Gasteiger partial charge in [0, 0.05) is 13.1 Å². The minimum Gasteiger partial charge on any atom is -0.371 e. The van der Waals surface area contributed by atoms with E-state index in [0.717, 1.165) is 23.3 Å². The third-order valence-electron chi connectivity index (χ3n) is 4.01. The summed E-state index contributed by atoms with van der Waals surface area (Å²) in [6, 6.07) is 10.3. The van der Waals surface area contributed by atoms with E-state index in [0.29, 0.717) is 6.07 Å². The van der Waals surface area contributed by atoms with E-state index in [-0.39, 0.29) is 30.7 Å². The highest BCUT2D eigenvalue weighted by atomic mass is 32.2. The van der Waals surface area contributed by atoms with Crippen molar-refractivity contribution in [2.24, 2.45) is 0 Å². The van der Waals surface area contributed by atoms with Crippen LogP contribution in [0.5, 0.6) is 0 Å². The number of ether oxygens (including phenoxy) is 1. The highest BCUT2D eigenvalue weighted by molar-refractivity contribution is 7.89.